The van der Waals surface area contributed by atoms with E-state index in [0.29, 0.717) is 11.7 Å². The van der Waals surface area contributed by atoms with Gasteiger partial charge >= 0.3 is 0 Å². The van der Waals surface area contributed by atoms with Crippen LogP contribution in [0, 0.1) is 11.3 Å². The Bertz CT molecular complexity index is 171. The van der Waals surface area contributed by atoms with Crippen LogP contribution in [-0.2, 0) is 4.79 Å². The van der Waals surface area contributed by atoms with Gasteiger partial charge in [0.05, 0.1) is 0 Å². The molecule has 12 heavy (non-hydrogen) atoms. The highest BCUT2D eigenvalue weighted by atomic mass is 16.3. The zero-order chi connectivity index (χ0) is 9.19. The van der Waals surface area contributed by atoms with Gasteiger partial charge in [-0.05, 0) is 25.2 Å². The summed E-state index contributed by atoms with van der Waals surface area (Å²) in [6.45, 7) is 4.23. The molecular formula is C10H18O2. The second-order valence-electron chi connectivity index (χ2n) is 4.25. The molecule has 1 aliphatic carbocycles. The van der Waals surface area contributed by atoms with Crippen LogP contribution in [0.2, 0.25) is 0 Å². The van der Waals surface area contributed by atoms with Crippen molar-refractivity contribution in [1.82, 2.24) is 0 Å². The highest BCUT2D eigenvalue weighted by molar-refractivity contribution is 5.85. The molecule has 0 saturated heterocycles. The number of carbonyl (C=O) groups excluding carboxylic acids is 1. The van der Waals surface area contributed by atoms with Gasteiger partial charge in [0.25, 0.3) is 0 Å². The van der Waals surface area contributed by atoms with Gasteiger partial charge in [-0.1, -0.05) is 13.8 Å². The van der Waals surface area contributed by atoms with Gasteiger partial charge in [0.1, 0.15) is 5.78 Å². The third-order valence-corrected chi connectivity index (χ3v) is 3.17. The number of aliphatic hydroxyl groups excluding tert-OH is 1. The first-order chi connectivity index (χ1) is 5.59. The Hall–Kier alpha value is -0.370. The van der Waals surface area contributed by atoms with E-state index in [1.807, 2.05) is 13.8 Å². The minimum absolute atomic E-state index is 0.193. The summed E-state index contributed by atoms with van der Waals surface area (Å²) in [5, 5.41) is 8.83. The molecule has 70 valence electrons. The molecule has 1 N–H and O–H groups in total. The van der Waals surface area contributed by atoms with Gasteiger partial charge in [-0.2, -0.15) is 0 Å². The average Bonchev–Trinajstić information content (AvgIpc) is 2.00. The first kappa shape index (κ1) is 9.72. The number of aliphatic hydroxyl groups is 1. The maximum atomic E-state index is 11.5. The summed E-state index contributed by atoms with van der Waals surface area (Å²) >= 11 is 0. The quantitative estimate of drug-likeness (QED) is 0.685. The summed E-state index contributed by atoms with van der Waals surface area (Å²) in [5.74, 6) is 0.760. The van der Waals surface area contributed by atoms with Crippen molar-refractivity contribution in [2.75, 3.05) is 6.61 Å². The van der Waals surface area contributed by atoms with Gasteiger partial charge in [0, 0.05) is 18.4 Å². The van der Waals surface area contributed by atoms with E-state index in [1.54, 1.807) is 0 Å². The molecule has 0 heterocycles. The minimum Gasteiger partial charge on any atom is -0.396 e. The lowest BCUT2D eigenvalue weighted by atomic mass is 9.67. The molecule has 0 aromatic carbocycles. The summed E-state index contributed by atoms with van der Waals surface area (Å²) < 4.78 is 0. The van der Waals surface area contributed by atoms with E-state index in [0.717, 1.165) is 25.7 Å². The van der Waals surface area contributed by atoms with Gasteiger partial charge in [0.2, 0.25) is 0 Å². The van der Waals surface area contributed by atoms with Crippen LogP contribution in [0.25, 0.3) is 0 Å². The van der Waals surface area contributed by atoms with Crippen LogP contribution in [-0.4, -0.2) is 17.5 Å². The van der Waals surface area contributed by atoms with Crippen LogP contribution >= 0.6 is 0 Å². The van der Waals surface area contributed by atoms with Crippen molar-refractivity contribution >= 4 is 5.78 Å². The van der Waals surface area contributed by atoms with Crippen molar-refractivity contribution in [1.29, 1.82) is 0 Å². The van der Waals surface area contributed by atoms with E-state index in [1.165, 1.54) is 0 Å². The van der Waals surface area contributed by atoms with Crippen LogP contribution in [0.1, 0.15) is 39.5 Å². The third kappa shape index (κ3) is 1.69. The molecule has 2 heteroatoms. The highest BCUT2D eigenvalue weighted by Gasteiger charge is 2.38. The largest absolute Gasteiger partial charge is 0.396 e. The van der Waals surface area contributed by atoms with Gasteiger partial charge in [-0.15, -0.1) is 0 Å². The highest BCUT2D eigenvalue weighted by Crippen LogP contribution is 2.39. The topological polar surface area (TPSA) is 37.3 Å². The fourth-order valence-electron chi connectivity index (χ4n) is 2.08. The summed E-state index contributed by atoms with van der Waals surface area (Å²) in [7, 11) is 0. The van der Waals surface area contributed by atoms with Gasteiger partial charge in [-0.3, -0.25) is 4.79 Å². The predicted molar refractivity (Wildman–Crippen MR) is 47.8 cm³/mol. The van der Waals surface area contributed by atoms with Gasteiger partial charge in [0.15, 0.2) is 0 Å². The minimum atomic E-state index is -0.193. The van der Waals surface area contributed by atoms with Crippen LogP contribution in [0.15, 0.2) is 0 Å². The number of Topliss-reactive ketones (excluding diaryl/α,β-unsaturated/α-hetero) is 1. The standard InChI is InChI=1S/C10H18O2/c1-10(2)8(6-7-11)4-3-5-9(10)12/h8,11H,3-7H2,1-2H3. The zero-order valence-corrected chi connectivity index (χ0v) is 7.97. The molecular weight excluding hydrogens is 152 g/mol. The van der Waals surface area contributed by atoms with E-state index < -0.39 is 0 Å². The number of hydrogen-bond donors (Lipinski definition) is 1. The Balaban J connectivity index is 2.65. The van der Waals surface area contributed by atoms with Gasteiger partial charge < -0.3 is 5.11 Å². The summed E-state index contributed by atoms with van der Waals surface area (Å²) in [6, 6.07) is 0. The number of hydrogen-bond acceptors (Lipinski definition) is 2. The smallest absolute Gasteiger partial charge is 0.138 e. The first-order valence-electron chi connectivity index (χ1n) is 4.73. The van der Waals surface area contributed by atoms with E-state index in [2.05, 4.69) is 0 Å². The molecule has 1 rings (SSSR count). The second-order valence-corrected chi connectivity index (χ2v) is 4.25. The third-order valence-electron chi connectivity index (χ3n) is 3.17. The lowest BCUT2D eigenvalue weighted by molar-refractivity contribution is -0.133. The molecule has 0 amide bonds. The summed E-state index contributed by atoms with van der Waals surface area (Å²) in [6.07, 6.45) is 3.61. The zero-order valence-electron chi connectivity index (χ0n) is 7.97. The molecule has 1 aliphatic rings. The van der Waals surface area contributed by atoms with E-state index in [4.69, 9.17) is 5.11 Å². The molecule has 1 unspecified atom stereocenters. The van der Waals surface area contributed by atoms with Crippen LogP contribution in [0.4, 0.5) is 0 Å². The number of carbonyl (C=O) groups is 1. The maximum absolute atomic E-state index is 11.5. The Morgan fingerprint density at radius 2 is 2.25 bits per heavy atom. The monoisotopic (exact) mass is 170 g/mol. The Morgan fingerprint density at radius 3 is 2.83 bits per heavy atom. The fourth-order valence-corrected chi connectivity index (χ4v) is 2.08. The van der Waals surface area contributed by atoms with Crippen LogP contribution in [0.3, 0.4) is 0 Å². The van der Waals surface area contributed by atoms with E-state index in [-0.39, 0.29) is 12.0 Å². The molecule has 1 saturated carbocycles. The molecule has 1 atom stereocenters. The molecule has 0 aromatic heterocycles. The van der Waals surface area contributed by atoms with Crippen molar-refractivity contribution in [3.05, 3.63) is 0 Å². The Labute approximate surface area is 74.0 Å². The Kier molecular flexibility index (Phi) is 2.89. The molecule has 1 fully saturated rings. The lowest BCUT2D eigenvalue weighted by Crippen LogP contribution is -2.37. The number of rotatable bonds is 2. The van der Waals surface area contributed by atoms with Crippen LogP contribution < -0.4 is 0 Å². The van der Waals surface area contributed by atoms with Crippen molar-refractivity contribution in [3.8, 4) is 0 Å². The average molecular weight is 170 g/mol. The first-order valence-corrected chi connectivity index (χ1v) is 4.73. The predicted octanol–water partition coefficient (Wildman–Crippen LogP) is 1.76. The second kappa shape index (κ2) is 3.56. The van der Waals surface area contributed by atoms with E-state index in [9.17, 15) is 4.79 Å². The molecule has 0 aromatic rings. The lowest BCUT2D eigenvalue weighted by Gasteiger charge is -2.36. The SMILES string of the molecule is CC1(C)C(=O)CCCC1CCO. The van der Waals surface area contributed by atoms with E-state index >= 15 is 0 Å². The summed E-state index contributed by atoms with van der Waals surface area (Å²) in [4.78, 5) is 11.5. The number of ketones is 1. The van der Waals surface area contributed by atoms with Crippen molar-refractivity contribution in [2.45, 2.75) is 39.5 Å². The van der Waals surface area contributed by atoms with Gasteiger partial charge in [-0.25, -0.2) is 0 Å². The van der Waals surface area contributed by atoms with Crippen LogP contribution in [0.5, 0.6) is 0 Å². The maximum Gasteiger partial charge on any atom is 0.138 e. The van der Waals surface area contributed by atoms with Crippen molar-refractivity contribution in [3.63, 3.8) is 0 Å². The normalized spacial score (nSPS) is 28.9. The Morgan fingerprint density at radius 1 is 1.58 bits per heavy atom. The molecule has 0 spiro atoms. The molecule has 0 bridgehead atoms. The summed E-state index contributed by atoms with van der Waals surface area (Å²) in [5.41, 5.74) is -0.193. The van der Waals surface area contributed by atoms with Crippen molar-refractivity contribution < 1.29 is 9.90 Å². The molecule has 0 radical (unpaired) electrons. The molecule has 0 aliphatic heterocycles. The fraction of sp³-hybridized carbons (Fsp3) is 0.900. The molecule has 2 nitrogen and oxygen atoms in total. The van der Waals surface area contributed by atoms with Crippen molar-refractivity contribution in [2.24, 2.45) is 11.3 Å².